The molecule has 0 radical (unpaired) electrons. The summed E-state index contributed by atoms with van der Waals surface area (Å²) in [7, 11) is 0. The third-order valence-electron chi connectivity index (χ3n) is 3.65. The van der Waals surface area contributed by atoms with Crippen LogP contribution in [-0.4, -0.2) is 35.1 Å². The van der Waals surface area contributed by atoms with Crippen LogP contribution < -0.4 is 5.32 Å². The normalized spacial score (nSPS) is 13.7. The highest BCUT2D eigenvalue weighted by molar-refractivity contribution is 5.64. The van der Waals surface area contributed by atoms with Crippen molar-refractivity contribution in [3.8, 4) is 0 Å². The molecule has 5 nitrogen and oxygen atoms in total. The van der Waals surface area contributed by atoms with Gasteiger partial charge in [0.05, 0.1) is 18.8 Å². The lowest BCUT2D eigenvalue weighted by Gasteiger charge is -2.24. The molecule has 5 heteroatoms. The minimum absolute atomic E-state index is 0.329. The highest BCUT2D eigenvalue weighted by atomic mass is 16.5. The molecular formula is C18H29NO4. The highest BCUT2D eigenvalue weighted by Gasteiger charge is 2.21. The van der Waals surface area contributed by atoms with Crippen LogP contribution >= 0.6 is 0 Å². The second-order valence-corrected chi connectivity index (χ2v) is 6.29. The zero-order valence-corrected chi connectivity index (χ0v) is 14.1. The van der Waals surface area contributed by atoms with Crippen LogP contribution in [0.15, 0.2) is 30.3 Å². The molecule has 0 saturated heterocycles. The molecule has 2 atom stereocenters. The van der Waals surface area contributed by atoms with Gasteiger partial charge in [-0.05, 0) is 37.2 Å². The van der Waals surface area contributed by atoms with Crippen molar-refractivity contribution >= 4 is 6.09 Å². The Kier molecular flexibility index (Phi) is 9.33. The van der Waals surface area contributed by atoms with Crippen LogP contribution in [0.2, 0.25) is 0 Å². The van der Waals surface area contributed by atoms with Gasteiger partial charge in [-0.25, -0.2) is 4.79 Å². The summed E-state index contributed by atoms with van der Waals surface area (Å²) in [5, 5.41) is 21.4. The molecule has 0 saturated carbocycles. The average Bonchev–Trinajstić information content (AvgIpc) is 2.50. The molecule has 130 valence electrons. The quantitative estimate of drug-likeness (QED) is 0.545. The molecule has 0 fully saturated rings. The maximum Gasteiger partial charge on any atom is 0.404 e. The smallest absolute Gasteiger partial charge is 0.404 e. The SMILES string of the molecule is CC(C)CC(NC(=O)O)C(O)CCCCOCc1ccccc1. The third kappa shape index (κ3) is 9.21. The summed E-state index contributed by atoms with van der Waals surface area (Å²) < 4.78 is 5.60. The summed E-state index contributed by atoms with van der Waals surface area (Å²) in [6.45, 7) is 5.27. The summed E-state index contributed by atoms with van der Waals surface area (Å²) in [5.41, 5.74) is 1.15. The van der Waals surface area contributed by atoms with Crippen molar-refractivity contribution < 1.29 is 19.7 Å². The van der Waals surface area contributed by atoms with Crippen LogP contribution in [0.25, 0.3) is 0 Å². The maximum absolute atomic E-state index is 10.8. The largest absolute Gasteiger partial charge is 0.465 e. The topological polar surface area (TPSA) is 78.8 Å². The lowest BCUT2D eigenvalue weighted by atomic mass is 9.96. The second kappa shape index (κ2) is 11.0. The van der Waals surface area contributed by atoms with Gasteiger partial charge in [0.15, 0.2) is 0 Å². The standard InChI is InChI=1S/C18H29NO4/c1-14(2)12-16(19-18(21)22)17(20)10-6-7-11-23-13-15-8-4-3-5-9-15/h3-5,8-9,14,16-17,19-20H,6-7,10-13H2,1-2H3,(H,21,22). The minimum Gasteiger partial charge on any atom is -0.465 e. The fourth-order valence-electron chi connectivity index (χ4n) is 2.50. The van der Waals surface area contributed by atoms with Gasteiger partial charge in [-0.1, -0.05) is 44.2 Å². The van der Waals surface area contributed by atoms with Crippen molar-refractivity contribution in [3.63, 3.8) is 0 Å². The Balaban J connectivity index is 2.18. The number of nitrogens with one attached hydrogen (secondary N) is 1. The Morgan fingerprint density at radius 1 is 1.22 bits per heavy atom. The van der Waals surface area contributed by atoms with Gasteiger partial charge < -0.3 is 20.3 Å². The molecule has 0 aliphatic rings. The maximum atomic E-state index is 10.8. The van der Waals surface area contributed by atoms with Crippen molar-refractivity contribution in [1.82, 2.24) is 5.32 Å². The highest BCUT2D eigenvalue weighted by Crippen LogP contribution is 2.13. The van der Waals surface area contributed by atoms with Crippen LogP contribution in [0.4, 0.5) is 4.79 Å². The van der Waals surface area contributed by atoms with Crippen LogP contribution in [-0.2, 0) is 11.3 Å². The van der Waals surface area contributed by atoms with Crippen LogP contribution in [0.1, 0.15) is 45.1 Å². The van der Waals surface area contributed by atoms with Crippen LogP contribution in [0.5, 0.6) is 0 Å². The van der Waals surface area contributed by atoms with Crippen molar-refractivity contribution in [2.75, 3.05) is 6.61 Å². The molecule has 0 aliphatic heterocycles. The van der Waals surface area contributed by atoms with E-state index in [9.17, 15) is 9.90 Å². The first kappa shape index (κ1) is 19.5. The number of carboxylic acid groups (broad SMARTS) is 1. The molecule has 1 aromatic rings. The van der Waals surface area contributed by atoms with Gasteiger partial charge in [0.1, 0.15) is 0 Å². The van der Waals surface area contributed by atoms with Gasteiger partial charge in [-0.3, -0.25) is 0 Å². The Morgan fingerprint density at radius 2 is 1.91 bits per heavy atom. The fraction of sp³-hybridized carbons (Fsp3) is 0.611. The predicted octanol–water partition coefficient (Wildman–Crippen LogP) is 3.42. The van der Waals surface area contributed by atoms with Gasteiger partial charge in [0.25, 0.3) is 0 Å². The third-order valence-corrected chi connectivity index (χ3v) is 3.65. The number of amides is 1. The second-order valence-electron chi connectivity index (χ2n) is 6.29. The summed E-state index contributed by atoms with van der Waals surface area (Å²) in [4.78, 5) is 10.8. The Labute approximate surface area is 138 Å². The number of rotatable bonds is 11. The number of hydrogen-bond acceptors (Lipinski definition) is 3. The van der Waals surface area contributed by atoms with E-state index in [1.54, 1.807) is 0 Å². The number of benzene rings is 1. The molecular weight excluding hydrogens is 294 g/mol. The van der Waals surface area contributed by atoms with Crippen LogP contribution in [0.3, 0.4) is 0 Å². The summed E-state index contributed by atoms with van der Waals surface area (Å²) in [5.74, 6) is 0.329. The number of ether oxygens (including phenoxy) is 1. The van der Waals surface area contributed by atoms with E-state index in [1.165, 1.54) is 0 Å². The molecule has 23 heavy (non-hydrogen) atoms. The molecule has 0 spiro atoms. The fourth-order valence-corrected chi connectivity index (χ4v) is 2.50. The zero-order valence-electron chi connectivity index (χ0n) is 14.1. The molecule has 1 aromatic carbocycles. The van der Waals surface area contributed by atoms with E-state index in [1.807, 2.05) is 44.2 Å². The number of unbranched alkanes of at least 4 members (excludes halogenated alkanes) is 1. The van der Waals surface area contributed by atoms with E-state index in [4.69, 9.17) is 9.84 Å². The number of carbonyl (C=O) groups is 1. The first-order valence-electron chi connectivity index (χ1n) is 8.28. The molecule has 0 aromatic heterocycles. The average molecular weight is 323 g/mol. The van der Waals surface area contributed by atoms with E-state index in [-0.39, 0.29) is 0 Å². The number of aliphatic hydroxyl groups excluding tert-OH is 1. The number of aliphatic hydroxyl groups is 1. The van der Waals surface area contributed by atoms with E-state index >= 15 is 0 Å². The Hall–Kier alpha value is -1.59. The van der Waals surface area contributed by atoms with Crippen molar-refractivity contribution in [1.29, 1.82) is 0 Å². The van der Waals surface area contributed by atoms with E-state index in [2.05, 4.69) is 5.32 Å². The first-order valence-corrected chi connectivity index (χ1v) is 8.28. The van der Waals surface area contributed by atoms with Gasteiger partial charge in [-0.15, -0.1) is 0 Å². The lowest BCUT2D eigenvalue weighted by Crippen LogP contribution is -2.43. The van der Waals surface area contributed by atoms with Gasteiger partial charge in [0, 0.05) is 6.61 Å². The van der Waals surface area contributed by atoms with Gasteiger partial charge in [0.2, 0.25) is 0 Å². The zero-order chi connectivity index (χ0) is 17.1. The van der Waals surface area contributed by atoms with E-state index < -0.39 is 18.2 Å². The molecule has 1 amide bonds. The number of hydrogen-bond donors (Lipinski definition) is 3. The first-order chi connectivity index (χ1) is 11.0. The Morgan fingerprint density at radius 3 is 2.52 bits per heavy atom. The minimum atomic E-state index is -1.08. The van der Waals surface area contributed by atoms with Crippen molar-refractivity contribution in [3.05, 3.63) is 35.9 Å². The summed E-state index contributed by atoms with van der Waals surface area (Å²) >= 11 is 0. The molecule has 3 N–H and O–H groups in total. The van der Waals surface area contributed by atoms with Crippen molar-refractivity contribution in [2.24, 2.45) is 5.92 Å². The van der Waals surface area contributed by atoms with E-state index in [0.29, 0.717) is 32.0 Å². The van der Waals surface area contributed by atoms with Gasteiger partial charge >= 0.3 is 6.09 Å². The molecule has 0 heterocycles. The summed E-state index contributed by atoms with van der Waals surface area (Å²) in [6, 6.07) is 9.59. The molecule has 0 aliphatic carbocycles. The lowest BCUT2D eigenvalue weighted by molar-refractivity contribution is 0.0891. The van der Waals surface area contributed by atoms with E-state index in [0.717, 1.165) is 18.4 Å². The Bertz CT molecular complexity index is 436. The van der Waals surface area contributed by atoms with Crippen molar-refractivity contribution in [2.45, 2.75) is 58.3 Å². The molecule has 0 bridgehead atoms. The van der Waals surface area contributed by atoms with Crippen LogP contribution in [0, 0.1) is 5.92 Å². The monoisotopic (exact) mass is 323 g/mol. The predicted molar refractivity (Wildman–Crippen MR) is 90.4 cm³/mol. The van der Waals surface area contributed by atoms with Gasteiger partial charge in [-0.2, -0.15) is 0 Å². The summed E-state index contributed by atoms with van der Waals surface area (Å²) in [6.07, 6.45) is 1.14. The molecule has 2 unspecified atom stereocenters. The molecule has 1 rings (SSSR count).